The minimum absolute atomic E-state index is 0.00863. The number of carbonyl (C=O) groups is 2. The fraction of sp³-hybridized carbons (Fsp3) is 0.840. The van der Waals surface area contributed by atoms with E-state index in [4.69, 9.17) is 4.74 Å². The van der Waals surface area contributed by atoms with Crippen molar-refractivity contribution in [2.24, 2.45) is 34.5 Å². The molecule has 3 saturated carbocycles. The molecule has 0 heterocycles. The van der Waals surface area contributed by atoms with E-state index in [2.05, 4.69) is 27.7 Å². The van der Waals surface area contributed by atoms with E-state index < -0.39 is 0 Å². The van der Waals surface area contributed by atoms with E-state index in [-0.39, 0.29) is 22.9 Å². The molecule has 0 aromatic rings. The number of hydrogen-bond acceptors (Lipinski definition) is 3. The first kappa shape index (κ1) is 20.2. The molecule has 0 bridgehead atoms. The Labute approximate surface area is 170 Å². The molecule has 156 valence electrons. The van der Waals surface area contributed by atoms with Gasteiger partial charge in [-0.2, -0.15) is 0 Å². The van der Waals surface area contributed by atoms with Crippen LogP contribution in [0.1, 0.15) is 91.9 Å². The predicted octanol–water partition coefficient (Wildman–Crippen LogP) is 5.87. The van der Waals surface area contributed by atoms with Crippen molar-refractivity contribution in [1.82, 2.24) is 0 Å². The first-order valence-corrected chi connectivity index (χ1v) is 11.7. The second kappa shape index (κ2) is 7.29. The molecule has 3 fully saturated rings. The minimum Gasteiger partial charge on any atom is -0.462 e. The molecule has 0 amide bonds. The van der Waals surface area contributed by atoms with Crippen LogP contribution >= 0.6 is 0 Å². The van der Waals surface area contributed by atoms with E-state index in [9.17, 15) is 9.59 Å². The Morgan fingerprint density at radius 3 is 2.64 bits per heavy atom. The highest BCUT2D eigenvalue weighted by atomic mass is 16.5. The van der Waals surface area contributed by atoms with Gasteiger partial charge in [-0.05, 0) is 86.5 Å². The van der Waals surface area contributed by atoms with Gasteiger partial charge in [0.15, 0.2) is 5.78 Å². The van der Waals surface area contributed by atoms with Crippen molar-refractivity contribution in [3.8, 4) is 0 Å². The molecule has 0 aromatic heterocycles. The van der Waals surface area contributed by atoms with Gasteiger partial charge in [-0.3, -0.25) is 9.59 Å². The van der Waals surface area contributed by atoms with Gasteiger partial charge in [0.1, 0.15) is 6.10 Å². The van der Waals surface area contributed by atoms with Gasteiger partial charge in [-0.25, -0.2) is 0 Å². The zero-order valence-corrected chi connectivity index (χ0v) is 18.3. The van der Waals surface area contributed by atoms with Crippen LogP contribution in [-0.2, 0) is 14.3 Å². The van der Waals surface area contributed by atoms with Crippen molar-refractivity contribution in [1.29, 1.82) is 0 Å². The van der Waals surface area contributed by atoms with E-state index in [0.717, 1.165) is 44.4 Å². The second-order valence-corrected chi connectivity index (χ2v) is 11.0. The standard InChI is InChI=1S/C25H38O3/c1-16(2)5-10-23(27)28-22-9-8-20-19-7-6-17-15-18(26)11-13-24(17,3)21(19)12-14-25(20,22)4/h15-16,19-22H,5-14H2,1-4H3/t19-,20+,21+,22-,24-,25-/m0/s1. The maximum atomic E-state index is 12.4. The summed E-state index contributed by atoms with van der Waals surface area (Å²) in [5.41, 5.74) is 1.81. The zero-order valence-electron chi connectivity index (χ0n) is 18.3. The highest BCUT2D eigenvalue weighted by Gasteiger charge is 2.59. The van der Waals surface area contributed by atoms with Gasteiger partial charge in [0.05, 0.1) is 0 Å². The quantitative estimate of drug-likeness (QED) is 0.568. The van der Waals surface area contributed by atoms with Gasteiger partial charge in [0.2, 0.25) is 0 Å². The predicted molar refractivity (Wildman–Crippen MR) is 111 cm³/mol. The molecule has 28 heavy (non-hydrogen) atoms. The molecule has 0 N–H and O–H groups in total. The minimum atomic E-state index is 0.00863. The molecule has 0 saturated heterocycles. The summed E-state index contributed by atoms with van der Waals surface area (Å²) >= 11 is 0. The summed E-state index contributed by atoms with van der Waals surface area (Å²) < 4.78 is 6.06. The third-order valence-corrected chi connectivity index (χ3v) is 9.07. The average Bonchev–Trinajstić information content (AvgIpc) is 2.97. The molecule has 0 aliphatic heterocycles. The Hall–Kier alpha value is -1.12. The summed E-state index contributed by atoms with van der Waals surface area (Å²) in [6.45, 7) is 9.15. The monoisotopic (exact) mass is 386 g/mol. The van der Waals surface area contributed by atoms with E-state index in [1.807, 2.05) is 6.08 Å². The smallest absolute Gasteiger partial charge is 0.306 e. The van der Waals surface area contributed by atoms with Crippen LogP contribution in [0.5, 0.6) is 0 Å². The van der Waals surface area contributed by atoms with Crippen molar-refractivity contribution in [2.45, 2.75) is 98.0 Å². The van der Waals surface area contributed by atoms with Crippen LogP contribution in [-0.4, -0.2) is 17.9 Å². The molecule has 0 radical (unpaired) electrons. The summed E-state index contributed by atoms with van der Waals surface area (Å²) in [6, 6.07) is 0. The summed E-state index contributed by atoms with van der Waals surface area (Å²) in [5, 5.41) is 0. The van der Waals surface area contributed by atoms with Crippen LogP contribution in [0.2, 0.25) is 0 Å². The third-order valence-electron chi connectivity index (χ3n) is 9.07. The van der Waals surface area contributed by atoms with E-state index in [1.165, 1.54) is 24.8 Å². The number of allylic oxidation sites excluding steroid dienone is 1. The highest BCUT2D eigenvalue weighted by Crippen LogP contribution is 2.65. The number of fused-ring (bicyclic) bond motifs is 5. The molecular formula is C25H38O3. The number of rotatable bonds is 4. The summed E-state index contributed by atoms with van der Waals surface area (Å²) in [5.74, 6) is 2.99. The van der Waals surface area contributed by atoms with Gasteiger partial charge >= 0.3 is 5.97 Å². The third kappa shape index (κ3) is 3.27. The Balaban J connectivity index is 1.49. The number of carbonyl (C=O) groups excluding carboxylic acids is 2. The molecule has 4 rings (SSSR count). The first-order valence-electron chi connectivity index (χ1n) is 11.7. The Morgan fingerprint density at radius 1 is 1.11 bits per heavy atom. The van der Waals surface area contributed by atoms with Crippen molar-refractivity contribution >= 4 is 11.8 Å². The normalized spacial score (nSPS) is 42.5. The SMILES string of the molecule is CC(C)CCC(=O)O[C@H]1CC[C@@H]2[C@@H]3CCC4=CC(=O)CC[C@]4(C)[C@@H]3CC[C@]12C. The molecule has 3 heteroatoms. The molecule has 4 aliphatic carbocycles. The largest absolute Gasteiger partial charge is 0.462 e. The van der Waals surface area contributed by atoms with Crippen LogP contribution < -0.4 is 0 Å². The number of esters is 1. The zero-order chi connectivity index (χ0) is 20.1. The number of ether oxygens (including phenoxy) is 1. The van der Waals surface area contributed by atoms with Crippen molar-refractivity contribution < 1.29 is 14.3 Å². The molecule has 0 unspecified atom stereocenters. The summed E-state index contributed by atoms with van der Waals surface area (Å²) in [6.07, 6.45) is 12.3. The molecule has 4 aliphatic rings. The Kier molecular flexibility index (Phi) is 5.25. The van der Waals surface area contributed by atoms with Crippen LogP contribution in [0.25, 0.3) is 0 Å². The molecule has 0 spiro atoms. The lowest BCUT2D eigenvalue weighted by Gasteiger charge is -2.57. The maximum absolute atomic E-state index is 12.4. The van der Waals surface area contributed by atoms with Crippen LogP contribution in [0, 0.1) is 34.5 Å². The molecule has 6 atom stereocenters. The van der Waals surface area contributed by atoms with Gasteiger partial charge in [-0.15, -0.1) is 0 Å². The van der Waals surface area contributed by atoms with Crippen molar-refractivity contribution in [3.63, 3.8) is 0 Å². The van der Waals surface area contributed by atoms with Crippen molar-refractivity contribution in [2.75, 3.05) is 0 Å². The van der Waals surface area contributed by atoms with Crippen LogP contribution in [0.4, 0.5) is 0 Å². The van der Waals surface area contributed by atoms with Gasteiger partial charge in [-0.1, -0.05) is 33.3 Å². The fourth-order valence-corrected chi connectivity index (χ4v) is 7.33. The summed E-state index contributed by atoms with van der Waals surface area (Å²) in [7, 11) is 0. The van der Waals surface area contributed by atoms with E-state index >= 15 is 0 Å². The first-order chi connectivity index (χ1) is 13.2. The molecule has 0 aromatic carbocycles. The molecule has 3 nitrogen and oxygen atoms in total. The highest BCUT2D eigenvalue weighted by molar-refractivity contribution is 5.91. The number of hydrogen-bond donors (Lipinski definition) is 0. The molecular weight excluding hydrogens is 348 g/mol. The van der Waals surface area contributed by atoms with Crippen molar-refractivity contribution in [3.05, 3.63) is 11.6 Å². The van der Waals surface area contributed by atoms with Crippen LogP contribution in [0.3, 0.4) is 0 Å². The average molecular weight is 387 g/mol. The number of ketones is 1. The second-order valence-electron chi connectivity index (χ2n) is 11.0. The lowest BCUT2D eigenvalue weighted by atomic mass is 9.47. The summed E-state index contributed by atoms with van der Waals surface area (Å²) in [4.78, 5) is 24.4. The fourth-order valence-electron chi connectivity index (χ4n) is 7.33. The van der Waals surface area contributed by atoms with Gasteiger partial charge in [0, 0.05) is 18.3 Å². The van der Waals surface area contributed by atoms with E-state index in [0.29, 0.717) is 30.0 Å². The van der Waals surface area contributed by atoms with Gasteiger partial charge < -0.3 is 4.74 Å². The Morgan fingerprint density at radius 2 is 1.89 bits per heavy atom. The lowest BCUT2D eigenvalue weighted by molar-refractivity contribution is -0.160. The van der Waals surface area contributed by atoms with E-state index in [1.54, 1.807) is 0 Å². The lowest BCUT2D eigenvalue weighted by Crippen LogP contribution is -2.51. The Bertz CT molecular complexity index is 677. The van der Waals surface area contributed by atoms with Crippen LogP contribution in [0.15, 0.2) is 11.6 Å². The van der Waals surface area contributed by atoms with Gasteiger partial charge in [0.25, 0.3) is 0 Å². The topological polar surface area (TPSA) is 43.4 Å². The maximum Gasteiger partial charge on any atom is 0.306 e.